The molecule has 0 saturated heterocycles. The third kappa shape index (κ3) is 5.11. The number of nitrogens with one attached hydrogen (secondary N) is 2. The number of hydrogen-bond donors (Lipinski definition) is 2. The van der Waals surface area contributed by atoms with Gasteiger partial charge in [-0.1, -0.05) is 43.2 Å². The molecular formula is C22H24N6O2S. The van der Waals surface area contributed by atoms with E-state index in [1.165, 1.54) is 18.2 Å². The van der Waals surface area contributed by atoms with Gasteiger partial charge in [0.05, 0.1) is 5.69 Å². The number of nitrogens with zero attached hydrogens (tertiary/aromatic N) is 4. The summed E-state index contributed by atoms with van der Waals surface area (Å²) in [5.74, 6) is -0.157. The molecule has 1 fully saturated rings. The van der Waals surface area contributed by atoms with Crippen molar-refractivity contribution in [1.29, 1.82) is 0 Å². The van der Waals surface area contributed by atoms with Gasteiger partial charge in [0.25, 0.3) is 5.91 Å². The van der Waals surface area contributed by atoms with E-state index in [2.05, 4.69) is 26.2 Å². The van der Waals surface area contributed by atoms with Gasteiger partial charge in [-0.15, -0.1) is 5.10 Å². The first kappa shape index (κ1) is 21.0. The number of carbonyl (C=O) groups excluding carboxylic acids is 2. The van der Waals surface area contributed by atoms with E-state index in [1.54, 1.807) is 35.0 Å². The third-order valence-corrected chi connectivity index (χ3v) is 5.96. The van der Waals surface area contributed by atoms with Gasteiger partial charge in [-0.2, -0.15) is 4.68 Å². The van der Waals surface area contributed by atoms with Crippen LogP contribution in [-0.4, -0.2) is 38.3 Å². The first-order chi connectivity index (χ1) is 15.1. The summed E-state index contributed by atoms with van der Waals surface area (Å²) in [7, 11) is 0. The second kappa shape index (κ2) is 9.74. The number of thioether (sulfide) groups is 1. The minimum atomic E-state index is -0.257. The van der Waals surface area contributed by atoms with Gasteiger partial charge in [0, 0.05) is 22.9 Å². The van der Waals surface area contributed by atoms with E-state index in [0.29, 0.717) is 22.1 Å². The lowest BCUT2D eigenvalue weighted by atomic mass is 9.88. The van der Waals surface area contributed by atoms with Gasteiger partial charge in [0.1, 0.15) is 0 Å². The Balaban J connectivity index is 1.45. The van der Waals surface area contributed by atoms with Crippen LogP contribution in [0, 0.1) is 5.92 Å². The van der Waals surface area contributed by atoms with Gasteiger partial charge in [-0.3, -0.25) is 9.59 Å². The van der Waals surface area contributed by atoms with Crippen molar-refractivity contribution in [2.45, 2.75) is 37.3 Å². The summed E-state index contributed by atoms with van der Waals surface area (Å²) in [6.45, 7) is 0. The van der Waals surface area contributed by atoms with Crippen LogP contribution in [0.5, 0.6) is 0 Å². The van der Waals surface area contributed by atoms with Crippen LogP contribution in [0.15, 0.2) is 53.7 Å². The van der Waals surface area contributed by atoms with Crippen molar-refractivity contribution in [2.24, 2.45) is 5.92 Å². The highest BCUT2D eigenvalue weighted by Gasteiger charge is 2.21. The number of amides is 2. The molecular weight excluding hydrogens is 412 g/mol. The van der Waals surface area contributed by atoms with E-state index < -0.39 is 0 Å². The first-order valence-electron chi connectivity index (χ1n) is 10.3. The van der Waals surface area contributed by atoms with Gasteiger partial charge in [0.2, 0.25) is 11.1 Å². The van der Waals surface area contributed by atoms with E-state index >= 15 is 0 Å². The molecule has 0 atom stereocenters. The van der Waals surface area contributed by atoms with Crippen LogP contribution >= 0.6 is 11.8 Å². The molecule has 160 valence electrons. The summed E-state index contributed by atoms with van der Waals surface area (Å²) in [6, 6.07) is 14.3. The average Bonchev–Trinajstić information content (AvgIpc) is 3.29. The maximum atomic E-state index is 12.8. The molecule has 31 heavy (non-hydrogen) atoms. The topological polar surface area (TPSA) is 102 Å². The van der Waals surface area contributed by atoms with Crippen molar-refractivity contribution in [1.82, 2.24) is 20.2 Å². The monoisotopic (exact) mass is 436 g/mol. The Morgan fingerprint density at radius 2 is 1.74 bits per heavy atom. The maximum Gasteiger partial charge on any atom is 0.255 e. The normalized spacial score (nSPS) is 14.2. The van der Waals surface area contributed by atoms with Crippen molar-refractivity contribution in [3.05, 3.63) is 54.1 Å². The molecule has 2 amide bonds. The molecule has 3 aromatic rings. The van der Waals surface area contributed by atoms with Crippen LogP contribution < -0.4 is 10.6 Å². The number of aromatic nitrogens is 4. The zero-order chi connectivity index (χ0) is 21.6. The number of tetrazole rings is 1. The Labute approximate surface area is 184 Å². The number of carbonyl (C=O) groups is 2. The lowest BCUT2D eigenvalue weighted by molar-refractivity contribution is -0.120. The fourth-order valence-electron chi connectivity index (χ4n) is 3.73. The minimum absolute atomic E-state index is 0.0380. The zero-order valence-electron chi connectivity index (χ0n) is 17.2. The molecule has 4 rings (SSSR count). The summed E-state index contributed by atoms with van der Waals surface area (Å²) in [5, 5.41) is 18.2. The smallest absolute Gasteiger partial charge is 0.255 e. The number of benzene rings is 2. The van der Waals surface area contributed by atoms with Crippen LogP contribution in [0.2, 0.25) is 0 Å². The largest absolute Gasteiger partial charge is 0.326 e. The second-order valence-corrected chi connectivity index (χ2v) is 8.26. The molecule has 0 bridgehead atoms. The predicted molar refractivity (Wildman–Crippen MR) is 121 cm³/mol. The lowest BCUT2D eigenvalue weighted by Crippen LogP contribution is -2.24. The highest BCUT2D eigenvalue weighted by Crippen LogP contribution is 2.25. The SMILES string of the molecule is CSc1nnnn1-c1cccc(NC(=O)c2cccc(NC(=O)C3CCCCC3)c2)c1. The second-order valence-electron chi connectivity index (χ2n) is 7.49. The molecule has 9 heteroatoms. The molecule has 1 heterocycles. The Morgan fingerprint density at radius 3 is 2.52 bits per heavy atom. The molecule has 0 unspecified atom stereocenters. The molecule has 1 aliphatic carbocycles. The maximum absolute atomic E-state index is 12.8. The van der Waals surface area contributed by atoms with E-state index in [9.17, 15) is 9.59 Å². The molecule has 1 aliphatic rings. The van der Waals surface area contributed by atoms with E-state index in [1.807, 2.05) is 24.5 Å². The quantitative estimate of drug-likeness (QED) is 0.563. The van der Waals surface area contributed by atoms with Gasteiger partial charge in [-0.25, -0.2) is 0 Å². The minimum Gasteiger partial charge on any atom is -0.326 e. The van der Waals surface area contributed by atoms with Crippen LogP contribution in [0.4, 0.5) is 11.4 Å². The molecule has 2 N–H and O–H groups in total. The molecule has 0 radical (unpaired) electrons. The Morgan fingerprint density at radius 1 is 1.00 bits per heavy atom. The number of anilines is 2. The summed E-state index contributed by atoms with van der Waals surface area (Å²) in [5.41, 5.74) is 2.48. The van der Waals surface area contributed by atoms with Gasteiger partial charge >= 0.3 is 0 Å². The van der Waals surface area contributed by atoms with Crippen LogP contribution in [0.1, 0.15) is 42.5 Å². The molecule has 8 nitrogen and oxygen atoms in total. The van der Waals surface area contributed by atoms with Crippen LogP contribution in [-0.2, 0) is 4.79 Å². The fourth-order valence-corrected chi connectivity index (χ4v) is 4.17. The van der Waals surface area contributed by atoms with Gasteiger partial charge < -0.3 is 10.6 Å². The summed E-state index contributed by atoms with van der Waals surface area (Å²) < 4.78 is 1.61. The standard InChI is InChI=1S/C22H24N6O2S/c1-31-22-25-26-27-28(22)19-12-6-11-18(14-19)24-21(30)16-9-5-10-17(13-16)23-20(29)15-7-3-2-4-8-15/h5-6,9-15H,2-4,7-8H2,1H3,(H,23,29)(H,24,30). The summed E-state index contributed by atoms with van der Waals surface area (Å²) in [4.78, 5) is 25.3. The summed E-state index contributed by atoms with van der Waals surface area (Å²) >= 11 is 1.44. The van der Waals surface area contributed by atoms with E-state index in [4.69, 9.17) is 0 Å². The highest BCUT2D eigenvalue weighted by atomic mass is 32.2. The molecule has 0 aliphatic heterocycles. The Hall–Kier alpha value is -3.20. The van der Waals surface area contributed by atoms with Crippen molar-refractivity contribution < 1.29 is 9.59 Å². The Kier molecular flexibility index (Phi) is 6.61. The highest BCUT2D eigenvalue weighted by molar-refractivity contribution is 7.98. The van der Waals surface area contributed by atoms with Crippen molar-refractivity contribution >= 4 is 35.0 Å². The van der Waals surface area contributed by atoms with Crippen molar-refractivity contribution in [2.75, 3.05) is 16.9 Å². The number of hydrogen-bond acceptors (Lipinski definition) is 6. The molecule has 2 aromatic carbocycles. The predicted octanol–water partition coefficient (Wildman–Crippen LogP) is 4.16. The van der Waals surface area contributed by atoms with Gasteiger partial charge in [0.15, 0.2) is 0 Å². The molecule has 1 saturated carbocycles. The van der Waals surface area contributed by atoms with Crippen LogP contribution in [0.3, 0.4) is 0 Å². The van der Waals surface area contributed by atoms with E-state index in [0.717, 1.165) is 31.4 Å². The number of rotatable bonds is 6. The lowest BCUT2D eigenvalue weighted by Gasteiger charge is -2.20. The fraction of sp³-hybridized carbons (Fsp3) is 0.318. The van der Waals surface area contributed by atoms with Crippen molar-refractivity contribution in [3.8, 4) is 5.69 Å². The van der Waals surface area contributed by atoms with Crippen LogP contribution in [0.25, 0.3) is 5.69 Å². The molecule has 0 spiro atoms. The summed E-state index contributed by atoms with van der Waals surface area (Å²) in [6.07, 6.45) is 7.16. The van der Waals surface area contributed by atoms with Gasteiger partial charge in [-0.05, 0) is 65.9 Å². The third-order valence-electron chi connectivity index (χ3n) is 5.34. The van der Waals surface area contributed by atoms with Crippen molar-refractivity contribution in [3.63, 3.8) is 0 Å². The van der Waals surface area contributed by atoms with E-state index in [-0.39, 0.29) is 17.7 Å². The average molecular weight is 437 g/mol. The first-order valence-corrected chi connectivity index (χ1v) is 11.5. The molecule has 1 aromatic heterocycles. The zero-order valence-corrected chi connectivity index (χ0v) is 18.1. The Bertz CT molecular complexity index is 1080.